The molecule has 0 saturated heterocycles. The van der Waals surface area contributed by atoms with Gasteiger partial charge in [-0.1, -0.05) is 20.8 Å². The van der Waals surface area contributed by atoms with Gasteiger partial charge in [0.05, 0.1) is 0 Å². The Morgan fingerprint density at radius 2 is 2.00 bits per heavy atom. The van der Waals surface area contributed by atoms with E-state index in [1.54, 1.807) is 0 Å². The van der Waals surface area contributed by atoms with Gasteiger partial charge in [-0.15, -0.1) is 0 Å². The first kappa shape index (κ1) is 9.96. The molecule has 62 valence electrons. The first-order chi connectivity index (χ1) is 4.88. The average molecular weight is 155 g/mol. The van der Waals surface area contributed by atoms with E-state index in [0.717, 1.165) is 0 Å². The number of carbonyl (C=O) groups is 1. The Balaban J connectivity index is 4.22. The van der Waals surface area contributed by atoms with Crippen LogP contribution in [0.25, 0.3) is 0 Å². The second-order valence-corrected chi connectivity index (χ2v) is 3.48. The summed E-state index contributed by atoms with van der Waals surface area (Å²) >= 11 is 0. The van der Waals surface area contributed by atoms with Crippen molar-refractivity contribution in [2.75, 3.05) is 0 Å². The van der Waals surface area contributed by atoms with Crippen LogP contribution >= 0.6 is 0 Å². The second kappa shape index (κ2) is 3.38. The van der Waals surface area contributed by atoms with Crippen molar-refractivity contribution in [2.24, 2.45) is 5.41 Å². The maximum atomic E-state index is 10.5. The zero-order valence-corrected chi connectivity index (χ0v) is 7.34. The van der Waals surface area contributed by atoms with Crippen LogP contribution in [0.5, 0.6) is 0 Å². The molecule has 0 radical (unpaired) electrons. The van der Waals surface area contributed by atoms with Crippen molar-refractivity contribution >= 4 is 5.97 Å². The fraction of sp³-hybridized carbons (Fsp3) is 0.750. The van der Waals surface area contributed by atoms with Crippen LogP contribution in [0.3, 0.4) is 0 Å². The summed E-state index contributed by atoms with van der Waals surface area (Å²) in [7, 11) is 0. The quantitative estimate of drug-likeness (QED) is 0.539. The first-order valence-corrected chi connectivity index (χ1v) is 3.44. The van der Waals surface area contributed by atoms with Crippen LogP contribution in [0.15, 0.2) is 0 Å². The highest BCUT2D eigenvalue weighted by Gasteiger charge is 2.26. The minimum Gasteiger partial charge on any atom is -0.447 e. The van der Waals surface area contributed by atoms with Crippen molar-refractivity contribution < 1.29 is 9.53 Å². The van der Waals surface area contributed by atoms with Crippen LogP contribution in [0.4, 0.5) is 0 Å². The molecule has 0 heterocycles. The molecule has 0 aliphatic rings. The van der Waals surface area contributed by atoms with E-state index in [4.69, 9.17) is 10.00 Å². The molecule has 0 amide bonds. The van der Waals surface area contributed by atoms with E-state index in [1.165, 1.54) is 6.92 Å². The van der Waals surface area contributed by atoms with Crippen LogP contribution in [0, 0.1) is 16.7 Å². The van der Waals surface area contributed by atoms with Crippen molar-refractivity contribution in [2.45, 2.75) is 33.8 Å². The summed E-state index contributed by atoms with van der Waals surface area (Å²) < 4.78 is 4.76. The van der Waals surface area contributed by atoms with Gasteiger partial charge in [-0.25, -0.2) is 0 Å². The highest BCUT2D eigenvalue weighted by atomic mass is 16.5. The third kappa shape index (κ3) is 3.61. The second-order valence-electron chi connectivity index (χ2n) is 3.48. The normalized spacial score (nSPS) is 13.4. The predicted octanol–water partition coefficient (Wildman–Crippen LogP) is 1.49. The summed E-state index contributed by atoms with van der Waals surface area (Å²) in [4.78, 5) is 10.5. The third-order valence-electron chi connectivity index (χ3n) is 1.19. The van der Waals surface area contributed by atoms with Crippen molar-refractivity contribution in [3.8, 4) is 6.07 Å². The number of nitrogens with zero attached hydrogens (tertiary/aromatic N) is 1. The lowest BCUT2D eigenvalue weighted by atomic mass is 9.90. The highest BCUT2D eigenvalue weighted by Crippen LogP contribution is 2.21. The number of hydrogen-bond acceptors (Lipinski definition) is 3. The van der Waals surface area contributed by atoms with Gasteiger partial charge in [0.1, 0.15) is 6.07 Å². The number of nitriles is 1. The number of carbonyl (C=O) groups excluding carboxylic acids is 1. The van der Waals surface area contributed by atoms with Crippen molar-refractivity contribution in [1.82, 2.24) is 0 Å². The van der Waals surface area contributed by atoms with Gasteiger partial charge in [0, 0.05) is 12.3 Å². The Hall–Kier alpha value is -1.04. The van der Waals surface area contributed by atoms with Gasteiger partial charge < -0.3 is 4.74 Å². The lowest BCUT2D eigenvalue weighted by molar-refractivity contribution is -0.147. The van der Waals surface area contributed by atoms with Crippen molar-refractivity contribution in [3.63, 3.8) is 0 Å². The summed E-state index contributed by atoms with van der Waals surface area (Å²) in [6.07, 6.45) is -0.653. The summed E-state index contributed by atoms with van der Waals surface area (Å²) in [5.41, 5.74) is -0.305. The van der Waals surface area contributed by atoms with Crippen LogP contribution in [0.2, 0.25) is 0 Å². The van der Waals surface area contributed by atoms with Crippen LogP contribution < -0.4 is 0 Å². The van der Waals surface area contributed by atoms with Crippen LogP contribution in [-0.4, -0.2) is 12.1 Å². The minimum absolute atomic E-state index is 0.305. The van der Waals surface area contributed by atoms with Gasteiger partial charge in [0.25, 0.3) is 0 Å². The minimum atomic E-state index is -0.653. The monoisotopic (exact) mass is 155 g/mol. The molecular weight excluding hydrogens is 142 g/mol. The van der Waals surface area contributed by atoms with Crippen LogP contribution in [0.1, 0.15) is 27.7 Å². The summed E-state index contributed by atoms with van der Waals surface area (Å²) in [5, 5.41) is 8.58. The molecule has 1 atom stereocenters. The summed E-state index contributed by atoms with van der Waals surface area (Å²) in [5.74, 6) is -0.411. The number of rotatable bonds is 1. The zero-order chi connectivity index (χ0) is 9.07. The van der Waals surface area contributed by atoms with Gasteiger partial charge >= 0.3 is 5.97 Å². The number of hydrogen-bond donors (Lipinski definition) is 0. The SMILES string of the molecule is CC(=O)O[C@H](C#N)C(C)(C)C. The molecule has 3 nitrogen and oxygen atoms in total. The van der Waals surface area contributed by atoms with Crippen molar-refractivity contribution in [3.05, 3.63) is 0 Å². The van der Waals surface area contributed by atoms with E-state index in [9.17, 15) is 4.79 Å². The predicted molar refractivity (Wildman–Crippen MR) is 40.6 cm³/mol. The van der Waals surface area contributed by atoms with E-state index >= 15 is 0 Å². The topological polar surface area (TPSA) is 50.1 Å². The van der Waals surface area contributed by atoms with Gasteiger partial charge in [-0.3, -0.25) is 4.79 Å². The average Bonchev–Trinajstić information content (AvgIpc) is 1.79. The molecule has 0 aromatic rings. The zero-order valence-electron chi connectivity index (χ0n) is 7.34. The first-order valence-electron chi connectivity index (χ1n) is 3.44. The molecule has 0 aromatic carbocycles. The van der Waals surface area contributed by atoms with E-state index in [0.29, 0.717) is 0 Å². The summed E-state index contributed by atoms with van der Waals surface area (Å²) in [6.45, 7) is 6.85. The molecule has 0 unspecified atom stereocenters. The molecule has 0 fully saturated rings. The molecule has 0 aliphatic heterocycles. The van der Waals surface area contributed by atoms with E-state index in [-0.39, 0.29) is 5.41 Å². The highest BCUT2D eigenvalue weighted by molar-refractivity contribution is 5.66. The van der Waals surface area contributed by atoms with E-state index in [2.05, 4.69) is 0 Å². The largest absolute Gasteiger partial charge is 0.447 e. The Morgan fingerprint density at radius 3 is 2.09 bits per heavy atom. The Kier molecular flexibility index (Phi) is 3.06. The molecule has 0 N–H and O–H groups in total. The maximum Gasteiger partial charge on any atom is 0.303 e. The molecule has 0 rings (SSSR count). The lowest BCUT2D eigenvalue weighted by Gasteiger charge is -2.23. The molecule has 0 aliphatic carbocycles. The number of esters is 1. The molecule has 0 aromatic heterocycles. The third-order valence-corrected chi connectivity index (χ3v) is 1.19. The van der Waals surface area contributed by atoms with Crippen molar-refractivity contribution in [1.29, 1.82) is 5.26 Å². The lowest BCUT2D eigenvalue weighted by Crippen LogP contribution is -2.29. The van der Waals surface area contributed by atoms with Gasteiger partial charge in [-0.05, 0) is 0 Å². The Labute approximate surface area is 67.0 Å². The van der Waals surface area contributed by atoms with Gasteiger partial charge in [0.2, 0.25) is 0 Å². The fourth-order valence-corrected chi connectivity index (χ4v) is 0.563. The Morgan fingerprint density at radius 1 is 1.55 bits per heavy atom. The summed E-state index contributed by atoms with van der Waals surface area (Å²) in [6, 6.07) is 1.93. The van der Waals surface area contributed by atoms with Gasteiger partial charge in [-0.2, -0.15) is 5.26 Å². The molecule has 11 heavy (non-hydrogen) atoms. The fourth-order valence-electron chi connectivity index (χ4n) is 0.563. The van der Waals surface area contributed by atoms with Gasteiger partial charge in [0.15, 0.2) is 6.10 Å². The maximum absolute atomic E-state index is 10.5. The Bertz CT molecular complexity index is 185. The molecule has 0 saturated carbocycles. The van der Waals surface area contributed by atoms with E-state index < -0.39 is 12.1 Å². The molecule has 0 spiro atoms. The smallest absolute Gasteiger partial charge is 0.303 e. The molecular formula is C8H13NO2. The molecule has 3 heteroatoms. The van der Waals surface area contributed by atoms with Crippen LogP contribution in [-0.2, 0) is 9.53 Å². The standard InChI is InChI=1S/C8H13NO2/c1-6(10)11-7(5-9)8(2,3)4/h7H,1-4H3/t7-/m1/s1. The molecule has 0 bridgehead atoms. The van der Waals surface area contributed by atoms with E-state index in [1.807, 2.05) is 26.8 Å². The number of ether oxygens (including phenoxy) is 1.